The van der Waals surface area contributed by atoms with Crippen LogP contribution in [0, 0.1) is 5.92 Å². The lowest BCUT2D eigenvalue weighted by Gasteiger charge is -2.30. The lowest BCUT2D eigenvalue weighted by molar-refractivity contribution is -0.169. The summed E-state index contributed by atoms with van der Waals surface area (Å²) < 4.78 is 5.23. The minimum absolute atomic E-state index is 0.00319. The molecule has 0 saturated carbocycles. The van der Waals surface area contributed by atoms with E-state index < -0.39 is 29.5 Å². The van der Waals surface area contributed by atoms with Crippen molar-refractivity contribution in [3.05, 3.63) is 59.7 Å². The van der Waals surface area contributed by atoms with Gasteiger partial charge in [-0.15, -0.1) is 0 Å². The Bertz CT molecular complexity index is 849. The number of rotatable bonds is 7. The first kappa shape index (κ1) is 20.0. The highest BCUT2D eigenvalue weighted by molar-refractivity contribution is 6.04. The van der Waals surface area contributed by atoms with E-state index in [9.17, 15) is 19.8 Å². The number of fused-ring (bicyclic) bond motifs is 3. The molecule has 3 rings (SSSR count). The van der Waals surface area contributed by atoms with E-state index in [1.54, 1.807) is 13.8 Å². The van der Waals surface area contributed by atoms with Gasteiger partial charge in [-0.3, -0.25) is 0 Å². The summed E-state index contributed by atoms with van der Waals surface area (Å²) in [6, 6.07) is 16.1. The third-order valence-corrected chi connectivity index (χ3v) is 5.39. The van der Waals surface area contributed by atoms with Crippen molar-refractivity contribution >= 4 is 11.9 Å². The zero-order chi connectivity index (χ0) is 20.5. The molecule has 2 unspecified atom stereocenters. The molecule has 0 saturated heterocycles. The number of esters is 1. The standard InChI is InChI=1S/C22H25NO5/c1-13(2)19(24)22(23,20(25)26)21(27)28-12-11-18-16-9-5-3-7-14(16)15-8-4-6-10-17(15)18/h3-10,13,18-19,24H,11-12,23H2,1-2H3,(H,25,26). The van der Waals surface area contributed by atoms with Crippen LogP contribution < -0.4 is 5.73 Å². The molecule has 2 atom stereocenters. The Kier molecular flexibility index (Phi) is 5.54. The van der Waals surface area contributed by atoms with Gasteiger partial charge in [-0.05, 0) is 34.6 Å². The summed E-state index contributed by atoms with van der Waals surface area (Å²) in [5.74, 6) is -3.19. The number of carboxylic acids is 1. The fraction of sp³-hybridized carbons (Fsp3) is 0.364. The molecule has 1 aliphatic carbocycles. The second-order valence-corrected chi connectivity index (χ2v) is 7.51. The van der Waals surface area contributed by atoms with E-state index in [-0.39, 0.29) is 12.5 Å². The Morgan fingerprint density at radius 2 is 1.57 bits per heavy atom. The number of aliphatic hydroxyl groups is 1. The molecule has 0 fully saturated rings. The third-order valence-electron chi connectivity index (χ3n) is 5.39. The van der Waals surface area contributed by atoms with E-state index in [2.05, 4.69) is 24.3 Å². The number of aliphatic carboxylic acids is 1. The van der Waals surface area contributed by atoms with Crippen LogP contribution in [-0.4, -0.2) is 40.4 Å². The molecule has 6 nitrogen and oxygen atoms in total. The number of nitrogens with two attached hydrogens (primary N) is 1. The molecule has 0 radical (unpaired) electrons. The van der Waals surface area contributed by atoms with Crippen LogP contribution in [-0.2, 0) is 14.3 Å². The van der Waals surface area contributed by atoms with E-state index in [1.807, 2.05) is 24.3 Å². The Labute approximate surface area is 163 Å². The number of carbonyl (C=O) groups excluding carboxylic acids is 1. The maximum Gasteiger partial charge on any atom is 0.340 e. The molecule has 6 heteroatoms. The molecule has 1 aliphatic rings. The highest BCUT2D eigenvalue weighted by atomic mass is 16.5. The van der Waals surface area contributed by atoms with E-state index in [0.717, 1.165) is 22.3 Å². The van der Waals surface area contributed by atoms with Crippen molar-refractivity contribution in [3.63, 3.8) is 0 Å². The molecule has 148 valence electrons. The first-order valence-electron chi connectivity index (χ1n) is 9.34. The van der Waals surface area contributed by atoms with Gasteiger partial charge in [0.05, 0.1) is 12.7 Å². The van der Waals surface area contributed by atoms with Crippen LogP contribution in [0.4, 0.5) is 0 Å². The Morgan fingerprint density at radius 3 is 2.04 bits per heavy atom. The van der Waals surface area contributed by atoms with Gasteiger partial charge in [0, 0.05) is 5.92 Å². The van der Waals surface area contributed by atoms with Crippen molar-refractivity contribution in [1.82, 2.24) is 0 Å². The summed E-state index contributed by atoms with van der Waals surface area (Å²) in [5.41, 5.74) is 7.88. The minimum Gasteiger partial charge on any atom is -0.479 e. The number of hydrogen-bond donors (Lipinski definition) is 3. The van der Waals surface area contributed by atoms with Gasteiger partial charge < -0.3 is 20.7 Å². The van der Waals surface area contributed by atoms with Gasteiger partial charge in [0.1, 0.15) is 0 Å². The number of hydrogen-bond acceptors (Lipinski definition) is 5. The third kappa shape index (κ3) is 3.30. The van der Waals surface area contributed by atoms with Crippen LogP contribution in [0.2, 0.25) is 0 Å². The highest BCUT2D eigenvalue weighted by Crippen LogP contribution is 2.45. The van der Waals surface area contributed by atoms with E-state index in [1.165, 1.54) is 0 Å². The summed E-state index contributed by atoms with van der Waals surface area (Å²) in [6.07, 6.45) is -1.06. The lowest BCUT2D eigenvalue weighted by atomic mass is 9.86. The van der Waals surface area contributed by atoms with Gasteiger partial charge in [0.15, 0.2) is 0 Å². The maximum atomic E-state index is 12.4. The molecule has 0 spiro atoms. The van der Waals surface area contributed by atoms with Crippen LogP contribution in [0.1, 0.15) is 37.3 Å². The topological polar surface area (TPSA) is 110 Å². The van der Waals surface area contributed by atoms with Crippen LogP contribution >= 0.6 is 0 Å². The minimum atomic E-state index is -2.49. The van der Waals surface area contributed by atoms with Gasteiger partial charge in [0.25, 0.3) is 0 Å². The SMILES string of the molecule is CC(C)C(O)C(N)(C(=O)O)C(=O)OCCC1c2ccccc2-c2ccccc21. The molecule has 0 aromatic heterocycles. The lowest BCUT2D eigenvalue weighted by Crippen LogP contribution is -2.65. The molecule has 0 bridgehead atoms. The molecule has 2 aromatic carbocycles. The predicted molar refractivity (Wildman–Crippen MR) is 105 cm³/mol. The second kappa shape index (κ2) is 7.73. The molecular weight excluding hydrogens is 358 g/mol. The van der Waals surface area contributed by atoms with E-state index in [0.29, 0.717) is 6.42 Å². The monoisotopic (exact) mass is 383 g/mol. The van der Waals surface area contributed by atoms with Crippen molar-refractivity contribution in [2.45, 2.75) is 37.8 Å². The van der Waals surface area contributed by atoms with Crippen molar-refractivity contribution in [3.8, 4) is 11.1 Å². The molecule has 0 aliphatic heterocycles. The fourth-order valence-electron chi connectivity index (χ4n) is 3.82. The molecule has 2 aromatic rings. The average Bonchev–Trinajstić information content (AvgIpc) is 3.00. The van der Waals surface area contributed by atoms with Crippen molar-refractivity contribution in [2.24, 2.45) is 11.7 Å². The summed E-state index contributed by atoms with van der Waals surface area (Å²) in [5, 5.41) is 19.6. The summed E-state index contributed by atoms with van der Waals surface area (Å²) in [7, 11) is 0. The highest BCUT2D eigenvalue weighted by Gasteiger charge is 2.51. The predicted octanol–water partition coefficient (Wildman–Crippen LogP) is 2.53. The van der Waals surface area contributed by atoms with Crippen LogP contribution in [0.5, 0.6) is 0 Å². The first-order chi connectivity index (χ1) is 13.3. The Balaban J connectivity index is 1.75. The summed E-state index contributed by atoms with van der Waals surface area (Å²) in [4.78, 5) is 24.0. The van der Waals surface area contributed by atoms with E-state index in [4.69, 9.17) is 10.5 Å². The molecule has 28 heavy (non-hydrogen) atoms. The molecule has 0 heterocycles. The van der Waals surface area contributed by atoms with Crippen LogP contribution in [0.15, 0.2) is 48.5 Å². The number of aliphatic hydroxyl groups excluding tert-OH is 1. The number of ether oxygens (including phenoxy) is 1. The number of carboxylic acid groups (broad SMARTS) is 1. The van der Waals surface area contributed by atoms with Crippen molar-refractivity contribution in [1.29, 1.82) is 0 Å². The quantitative estimate of drug-likeness (QED) is 0.501. The number of benzene rings is 2. The van der Waals surface area contributed by atoms with Gasteiger partial charge in [-0.25, -0.2) is 9.59 Å². The molecular formula is C22H25NO5. The zero-order valence-corrected chi connectivity index (χ0v) is 16.0. The molecule has 0 amide bonds. The second-order valence-electron chi connectivity index (χ2n) is 7.51. The van der Waals surface area contributed by atoms with Crippen molar-refractivity contribution < 1.29 is 24.5 Å². The zero-order valence-electron chi connectivity index (χ0n) is 16.0. The van der Waals surface area contributed by atoms with Gasteiger partial charge in [-0.1, -0.05) is 62.4 Å². The van der Waals surface area contributed by atoms with E-state index >= 15 is 0 Å². The largest absolute Gasteiger partial charge is 0.479 e. The summed E-state index contributed by atoms with van der Waals surface area (Å²) >= 11 is 0. The number of carbonyl (C=O) groups is 2. The summed E-state index contributed by atoms with van der Waals surface area (Å²) in [6.45, 7) is 3.19. The normalized spacial score (nSPS) is 16.2. The van der Waals surface area contributed by atoms with Gasteiger partial charge in [0.2, 0.25) is 5.54 Å². The van der Waals surface area contributed by atoms with Gasteiger partial charge in [-0.2, -0.15) is 0 Å². The maximum absolute atomic E-state index is 12.4. The smallest absolute Gasteiger partial charge is 0.340 e. The average molecular weight is 383 g/mol. The Hall–Kier alpha value is -2.70. The molecule has 4 N–H and O–H groups in total. The fourth-order valence-corrected chi connectivity index (χ4v) is 3.82. The first-order valence-corrected chi connectivity index (χ1v) is 9.34. The van der Waals surface area contributed by atoms with Crippen LogP contribution in [0.3, 0.4) is 0 Å². The van der Waals surface area contributed by atoms with Crippen molar-refractivity contribution in [2.75, 3.05) is 6.61 Å². The Morgan fingerprint density at radius 1 is 1.07 bits per heavy atom. The van der Waals surface area contributed by atoms with Crippen LogP contribution in [0.25, 0.3) is 11.1 Å². The van der Waals surface area contributed by atoms with Gasteiger partial charge >= 0.3 is 11.9 Å².